The van der Waals surface area contributed by atoms with Crippen molar-refractivity contribution in [3.63, 3.8) is 0 Å². The van der Waals surface area contributed by atoms with E-state index < -0.39 is 15.9 Å². The molecule has 0 aromatic carbocycles. The van der Waals surface area contributed by atoms with Gasteiger partial charge in [-0.3, -0.25) is 9.35 Å². The fraction of sp³-hybridized carbons (Fsp3) is 0.750. The van der Waals surface area contributed by atoms with Crippen LogP contribution in [-0.2, 0) is 14.9 Å². The second-order valence-electron chi connectivity index (χ2n) is 1.77. The molecule has 2 N–H and O–H groups in total. The van der Waals surface area contributed by atoms with Gasteiger partial charge in [0.2, 0.25) is 5.91 Å². The van der Waals surface area contributed by atoms with Crippen LogP contribution in [0.1, 0.15) is 0 Å². The Labute approximate surface area is 101 Å². The molecule has 1 amide bonds. The average molecular weight is 269 g/mol. The largest absolute Gasteiger partial charge is 1.00 e. The molecule has 0 rings (SSSR count). The first-order valence-electron chi connectivity index (χ1n) is 2.73. The number of carbonyl (C=O) groups is 1. The number of rotatable bonds is 4. The van der Waals surface area contributed by atoms with Crippen LogP contribution in [-0.4, -0.2) is 36.5 Å². The van der Waals surface area contributed by atoms with Gasteiger partial charge in [0, 0.05) is 6.54 Å². The molecular weight excluding hydrogens is 261 g/mol. The van der Waals surface area contributed by atoms with Crippen molar-refractivity contribution in [1.29, 1.82) is 0 Å². The maximum atomic E-state index is 10.5. The van der Waals surface area contributed by atoms with E-state index in [-0.39, 0.29) is 47.3 Å². The number of nitrogens with one attached hydrogen (secondary N) is 1. The summed E-state index contributed by atoms with van der Waals surface area (Å²) in [5, 5.41) is 2.39. The van der Waals surface area contributed by atoms with Crippen molar-refractivity contribution in [3.05, 3.63) is 0 Å². The normalized spacial score (nSPS) is 10.2. The third-order valence-corrected chi connectivity index (χ3v) is 2.03. The molecule has 0 bridgehead atoms. The maximum Gasteiger partial charge on any atom is 1.00 e. The smallest absolute Gasteiger partial charge is 0.354 e. The summed E-state index contributed by atoms with van der Waals surface area (Å²) in [5.74, 6) is -0.764. The van der Waals surface area contributed by atoms with Crippen molar-refractivity contribution in [1.82, 2.24) is 5.32 Å². The minimum absolute atomic E-state index is 0. The number of carbonyl (C=O) groups excluding carboxylic acids is 1. The van der Waals surface area contributed by atoms with Gasteiger partial charge in [-0.1, -0.05) is 15.9 Å². The number of hydrogen-bond donors (Lipinski definition) is 2. The van der Waals surface area contributed by atoms with E-state index in [2.05, 4.69) is 21.2 Å². The Balaban J connectivity index is 0. The minimum atomic E-state index is -3.96. The minimum Gasteiger partial charge on any atom is -0.354 e. The predicted molar refractivity (Wildman–Crippen MR) is 43.2 cm³/mol. The summed E-state index contributed by atoms with van der Waals surface area (Å²) in [5.41, 5.74) is 0. The van der Waals surface area contributed by atoms with Crippen LogP contribution in [0.4, 0.5) is 0 Å². The van der Waals surface area contributed by atoms with E-state index in [4.69, 9.17) is 4.55 Å². The Hall–Kier alpha value is 0.860. The summed E-state index contributed by atoms with van der Waals surface area (Å²) in [6.07, 6.45) is 0. The van der Waals surface area contributed by atoms with Gasteiger partial charge in [-0.2, -0.15) is 8.42 Å². The topological polar surface area (TPSA) is 83.5 Å². The van der Waals surface area contributed by atoms with Crippen molar-refractivity contribution < 1.29 is 47.3 Å². The molecule has 0 aromatic heterocycles. The summed E-state index contributed by atoms with van der Waals surface area (Å²) >= 11 is 2.87. The fourth-order valence-corrected chi connectivity index (χ4v) is 0.925. The van der Waals surface area contributed by atoms with Gasteiger partial charge in [-0.15, -0.1) is 0 Å². The molecule has 0 spiro atoms. The Morgan fingerprint density at radius 2 is 2.00 bits per heavy atom. The third kappa shape index (κ3) is 10.9. The van der Waals surface area contributed by atoms with Gasteiger partial charge in [0.15, 0.2) is 0 Å². The molecule has 0 fully saturated rings. The number of amides is 1. The summed E-state index contributed by atoms with van der Waals surface area (Å²) in [6, 6.07) is 0. The van der Waals surface area contributed by atoms with E-state index in [1.165, 1.54) is 0 Å². The molecule has 0 aliphatic carbocycles. The average Bonchev–Trinajstić information content (AvgIpc) is 1.85. The zero-order valence-electron chi connectivity index (χ0n) is 6.58. The van der Waals surface area contributed by atoms with Crippen LogP contribution < -0.4 is 34.9 Å². The zero-order valence-corrected chi connectivity index (χ0v) is 11.0. The molecule has 0 aliphatic heterocycles. The Morgan fingerprint density at radius 1 is 1.50 bits per heavy atom. The summed E-state index contributed by atoms with van der Waals surface area (Å²) in [4.78, 5) is 10.5. The number of alkyl halides is 1. The van der Waals surface area contributed by atoms with Crippen molar-refractivity contribution in [2.45, 2.75) is 0 Å². The molecule has 0 radical (unpaired) electrons. The molecular formula is C4H8BrNNaO4S+. The van der Waals surface area contributed by atoms with Gasteiger partial charge >= 0.3 is 29.6 Å². The first-order chi connectivity index (χ1) is 4.95. The molecule has 0 heterocycles. The SMILES string of the molecule is O=C(CBr)NCCS(=O)(=O)O.[Na+]. The molecule has 0 aliphatic rings. The van der Waals surface area contributed by atoms with E-state index >= 15 is 0 Å². The van der Waals surface area contributed by atoms with Crippen LogP contribution in [0.15, 0.2) is 0 Å². The Morgan fingerprint density at radius 3 is 2.33 bits per heavy atom. The Kier molecular flexibility index (Phi) is 9.31. The van der Waals surface area contributed by atoms with Gasteiger partial charge in [-0.25, -0.2) is 0 Å². The van der Waals surface area contributed by atoms with Crippen molar-refractivity contribution in [2.75, 3.05) is 17.6 Å². The molecule has 0 aromatic rings. The third-order valence-electron chi connectivity index (χ3n) is 0.804. The molecule has 0 unspecified atom stereocenters. The van der Waals surface area contributed by atoms with Crippen LogP contribution >= 0.6 is 15.9 Å². The van der Waals surface area contributed by atoms with Crippen molar-refractivity contribution >= 4 is 32.0 Å². The molecule has 5 nitrogen and oxygen atoms in total. The van der Waals surface area contributed by atoms with Crippen molar-refractivity contribution in [3.8, 4) is 0 Å². The van der Waals surface area contributed by atoms with E-state index in [0.717, 1.165) is 0 Å². The molecule has 12 heavy (non-hydrogen) atoms. The van der Waals surface area contributed by atoms with Gasteiger partial charge in [0.1, 0.15) is 0 Å². The quantitative estimate of drug-likeness (QED) is 0.314. The van der Waals surface area contributed by atoms with Crippen LogP contribution in [0.3, 0.4) is 0 Å². The first kappa shape index (κ1) is 15.3. The first-order valence-corrected chi connectivity index (χ1v) is 5.46. The van der Waals surface area contributed by atoms with Gasteiger partial charge in [0.25, 0.3) is 10.1 Å². The van der Waals surface area contributed by atoms with Crippen LogP contribution in [0.25, 0.3) is 0 Å². The molecule has 8 heteroatoms. The van der Waals surface area contributed by atoms with E-state index in [1.807, 2.05) is 0 Å². The molecule has 66 valence electrons. The summed E-state index contributed by atoms with van der Waals surface area (Å²) < 4.78 is 28.4. The van der Waals surface area contributed by atoms with Crippen LogP contribution in [0.2, 0.25) is 0 Å². The fourth-order valence-electron chi connectivity index (χ4n) is 0.367. The second kappa shape index (κ2) is 7.28. The number of halogens is 1. The number of hydrogen-bond acceptors (Lipinski definition) is 3. The van der Waals surface area contributed by atoms with E-state index in [9.17, 15) is 13.2 Å². The molecule has 0 saturated carbocycles. The monoisotopic (exact) mass is 268 g/mol. The predicted octanol–water partition coefficient (Wildman–Crippen LogP) is -3.61. The van der Waals surface area contributed by atoms with E-state index in [0.29, 0.717) is 0 Å². The zero-order chi connectivity index (χ0) is 8.91. The van der Waals surface area contributed by atoms with Gasteiger partial charge < -0.3 is 5.32 Å². The van der Waals surface area contributed by atoms with Crippen LogP contribution in [0.5, 0.6) is 0 Å². The van der Waals surface area contributed by atoms with Crippen molar-refractivity contribution in [2.24, 2.45) is 0 Å². The van der Waals surface area contributed by atoms with E-state index in [1.54, 1.807) is 0 Å². The second-order valence-corrected chi connectivity index (χ2v) is 3.90. The van der Waals surface area contributed by atoms with Crippen LogP contribution in [0, 0.1) is 0 Å². The van der Waals surface area contributed by atoms with Gasteiger partial charge in [-0.05, 0) is 0 Å². The maximum absolute atomic E-state index is 10.5. The summed E-state index contributed by atoms with van der Waals surface area (Å²) in [6.45, 7) is -0.0662. The summed E-state index contributed by atoms with van der Waals surface area (Å²) in [7, 11) is -3.96. The standard InChI is InChI=1S/C4H8BrNO4S.Na/c5-3-4(7)6-1-2-11(8,9)10;/h1-3H2,(H,6,7)(H,8,9,10);/q;+1. The van der Waals surface area contributed by atoms with Gasteiger partial charge in [0.05, 0.1) is 11.1 Å². The molecule has 0 saturated heterocycles. The Bertz CT molecular complexity index is 229. The molecule has 0 atom stereocenters.